The molecule has 1 aliphatic carbocycles. The summed E-state index contributed by atoms with van der Waals surface area (Å²) < 4.78 is 10.4. The zero-order valence-electron chi connectivity index (χ0n) is 17.2. The third-order valence-corrected chi connectivity index (χ3v) is 6.56. The van der Waals surface area contributed by atoms with Crippen LogP contribution in [0.15, 0.2) is 24.5 Å². The monoisotopic (exact) mass is 393 g/mol. The van der Waals surface area contributed by atoms with E-state index in [1.165, 1.54) is 19.3 Å². The van der Waals surface area contributed by atoms with Crippen LogP contribution in [0.4, 0.5) is 0 Å². The van der Waals surface area contributed by atoms with Crippen LogP contribution in [0.3, 0.4) is 0 Å². The van der Waals surface area contributed by atoms with Gasteiger partial charge in [-0.2, -0.15) is 10.2 Å². The second kappa shape index (κ2) is 6.90. The highest BCUT2D eigenvalue weighted by molar-refractivity contribution is 5.92. The van der Waals surface area contributed by atoms with E-state index in [0.717, 1.165) is 33.5 Å². The number of nitrogens with zero attached hydrogens (tertiary/aromatic N) is 4. The predicted molar refractivity (Wildman–Crippen MR) is 111 cm³/mol. The van der Waals surface area contributed by atoms with Gasteiger partial charge in [-0.15, -0.1) is 0 Å². The van der Waals surface area contributed by atoms with Crippen molar-refractivity contribution in [3.05, 3.63) is 30.2 Å². The molecule has 7 nitrogen and oxygen atoms in total. The number of amides is 1. The molecule has 2 aromatic heterocycles. The molecule has 1 aliphatic heterocycles. The molecular weight excluding hydrogens is 366 g/mol. The Labute approximate surface area is 170 Å². The standard InChI is InChI=1S/C22H27N5O2/c1-13-22-19(25-26(13)3)7-15(17-11-24-27(12-17)18-5-4-6-18)8-20(22)29-14(2)16-9-21(28)23-10-16/h7-8,11-12,14,16,18H,4-6,9-10H2,1-3H3,(H,23,28)/t14-,16?/m1/s1. The minimum absolute atomic E-state index is 0.0651. The summed E-state index contributed by atoms with van der Waals surface area (Å²) in [7, 11) is 1.95. The van der Waals surface area contributed by atoms with Crippen LogP contribution in [0, 0.1) is 12.8 Å². The Kier molecular flexibility index (Phi) is 4.33. The molecule has 1 amide bonds. The SMILES string of the molecule is Cc1c2c(O[C@H](C)C3CNC(=O)C3)cc(-c3cnn(C4CCC4)c3)cc2nn1C. The van der Waals surface area contributed by atoms with E-state index in [1.54, 1.807) is 0 Å². The van der Waals surface area contributed by atoms with Crippen molar-refractivity contribution in [2.45, 2.75) is 51.7 Å². The first-order valence-electron chi connectivity index (χ1n) is 10.4. The highest BCUT2D eigenvalue weighted by atomic mass is 16.5. The highest BCUT2D eigenvalue weighted by Gasteiger charge is 2.29. The normalized spacial score (nSPS) is 20.7. The number of rotatable bonds is 5. The molecule has 29 heavy (non-hydrogen) atoms. The average Bonchev–Trinajstić information content (AvgIpc) is 3.34. The summed E-state index contributed by atoms with van der Waals surface area (Å²) in [4.78, 5) is 11.6. The number of aryl methyl sites for hydroxylation is 2. The first-order chi connectivity index (χ1) is 14.0. The van der Waals surface area contributed by atoms with Crippen molar-refractivity contribution in [1.82, 2.24) is 24.9 Å². The van der Waals surface area contributed by atoms with E-state index in [9.17, 15) is 4.79 Å². The molecule has 0 radical (unpaired) electrons. The van der Waals surface area contributed by atoms with Gasteiger partial charge in [-0.1, -0.05) is 0 Å². The van der Waals surface area contributed by atoms with E-state index in [2.05, 4.69) is 45.4 Å². The molecule has 3 aromatic rings. The molecule has 0 bridgehead atoms. The van der Waals surface area contributed by atoms with Crippen molar-refractivity contribution >= 4 is 16.8 Å². The molecule has 0 spiro atoms. The minimum atomic E-state index is -0.0651. The summed E-state index contributed by atoms with van der Waals surface area (Å²) in [6.07, 6.45) is 8.22. The van der Waals surface area contributed by atoms with E-state index in [1.807, 2.05) is 24.9 Å². The largest absolute Gasteiger partial charge is 0.490 e. The first-order valence-corrected chi connectivity index (χ1v) is 10.4. The van der Waals surface area contributed by atoms with Gasteiger partial charge in [-0.05, 0) is 50.8 Å². The summed E-state index contributed by atoms with van der Waals surface area (Å²) in [6, 6.07) is 4.75. The third kappa shape index (κ3) is 3.18. The number of carbonyl (C=O) groups is 1. The fourth-order valence-electron chi connectivity index (χ4n) is 4.30. The van der Waals surface area contributed by atoms with Gasteiger partial charge in [0.1, 0.15) is 11.9 Å². The second-order valence-electron chi connectivity index (χ2n) is 8.46. The van der Waals surface area contributed by atoms with Gasteiger partial charge in [0.25, 0.3) is 0 Å². The Bertz CT molecular complexity index is 1080. The average molecular weight is 393 g/mol. The summed E-state index contributed by atoms with van der Waals surface area (Å²) >= 11 is 0. The maximum absolute atomic E-state index is 11.6. The molecule has 2 fully saturated rings. The van der Waals surface area contributed by atoms with E-state index in [-0.39, 0.29) is 17.9 Å². The third-order valence-electron chi connectivity index (χ3n) is 6.56. The zero-order chi connectivity index (χ0) is 20.1. The number of nitrogens with one attached hydrogen (secondary N) is 1. The summed E-state index contributed by atoms with van der Waals surface area (Å²) in [5.41, 5.74) is 4.13. The van der Waals surface area contributed by atoms with Gasteiger partial charge in [0.2, 0.25) is 5.91 Å². The minimum Gasteiger partial charge on any atom is -0.490 e. The number of hydrogen-bond acceptors (Lipinski definition) is 4. The molecule has 5 rings (SSSR count). The van der Waals surface area contributed by atoms with Gasteiger partial charge in [-0.3, -0.25) is 14.2 Å². The van der Waals surface area contributed by atoms with Gasteiger partial charge in [0, 0.05) is 43.4 Å². The maximum atomic E-state index is 11.6. The van der Waals surface area contributed by atoms with Crippen molar-refractivity contribution in [3.63, 3.8) is 0 Å². The smallest absolute Gasteiger partial charge is 0.220 e. The van der Waals surface area contributed by atoms with Gasteiger partial charge < -0.3 is 10.1 Å². The van der Waals surface area contributed by atoms with Crippen LogP contribution in [-0.2, 0) is 11.8 Å². The van der Waals surface area contributed by atoms with Crippen molar-refractivity contribution < 1.29 is 9.53 Å². The van der Waals surface area contributed by atoms with Crippen LogP contribution in [-0.4, -0.2) is 38.1 Å². The van der Waals surface area contributed by atoms with Gasteiger partial charge in [0.15, 0.2) is 0 Å². The predicted octanol–water partition coefficient (Wildman–Crippen LogP) is 3.37. The van der Waals surface area contributed by atoms with Crippen molar-refractivity contribution in [2.24, 2.45) is 13.0 Å². The number of ether oxygens (including phenoxy) is 1. The van der Waals surface area contributed by atoms with Crippen LogP contribution in [0.1, 0.15) is 44.3 Å². The summed E-state index contributed by atoms with van der Waals surface area (Å²) in [5, 5.41) is 13.2. The second-order valence-corrected chi connectivity index (χ2v) is 8.46. The Morgan fingerprint density at radius 1 is 1.28 bits per heavy atom. The van der Waals surface area contributed by atoms with E-state index < -0.39 is 0 Å². The molecular formula is C22H27N5O2. The summed E-state index contributed by atoms with van der Waals surface area (Å²) in [6.45, 7) is 4.77. The van der Waals surface area contributed by atoms with Crippen molar-refractivity contribution in [3.8, 4) is 16.9 Å². The number of fused-ring (bicyclic) bond motifs is 1. The van der Waals surface area contributed by atoms with Crippen molar-refractivity contribution in [1.29, 1.82) is 0 Å². The zero-order valence-corrected chi connectivity index (χ0v) is 17.2. The molecule has 3 heterocycles. The molecule has 152 valence electrons. The number of hydrogen-bond donors (Lipinski definition) is 1. The highest BCUT2D eigenvalue weighted by Crippen LogP contribution is 2.37. The number of benzene rings is 1. The lowest BCUT2D eigenvalue weighted by molar-refractivity contribution is -0.119. The Morgan fingerprint density at radius 2 is 2.10 bits per heavy atom. The van der Waals surface area contributed by atoms with Gasteiger partial charge in [-0.25, -0.2) is 0 Å². The number of carbonyl (C=O) groups excluding carboxylic acids is 1. The number of aromatic nitrogens is 4. The van der Waals surface area contributed by atoms with E-state index in [0.29, 0.717) is 19.0 Å². The van der Waals surface area contributed by atoms with Gasteiger partial charge >= 0.3 is 0 Å². The molecule has 7 heteroatoms. The van der Waals surface area contributed by atoms with Crippen molar-refractivity contribution in [2.75, 3.05) is 6.54 Å². The topological polar surface area (TPSA) is 74.0 Å². The van der Waals surface area contributed by atoms with Gasteiger partial charge in [0.05, 0.1) is 23.1 Å². The van der Waals surface area contributed by atoms with Crippen LogP contribution >= 0.6 is 0 Å². The molecule has 1 unspecified atom stereocenters. The van der Waals surface area contributed by atoms with Crippen LogP contribution in [0.25, 0.3) is 22.0 Å². The van der Waals surface area contributed by atoms with Crippen LogP contribution in [0.5, 0.6) is 5.75 Å². The maximum Gasteiger partial charge on any atom is 0.220 e. The molecule has 2 aliphatic rings. The van der Waals surface area contributed by atoms with E-state index in [4.69, 9.17) is 4.74 Å². The lowest BCUT2D eigenvalue weighted by atomic mass is 9.93. The quantitative estimate of drug-likeness (QED) is 0.721. The fraction of sp³-hybridized carbons (Fsp3) is 0.500. The van der Waals surface area contributed by atoms with Crippen LogP contribution < -0.4 is 10.1 Å². The Morgan fingerprint density at radius 3 is 2.79 bits per heavy atom. The summed E-state index contributed by atoms with van der Waals surface area (Å²) in [5.74, 6) is 1.11. The molecule has 1 saturated heterocycles. The fourth-order valence-corrected chi connectivity index (χ4v) is 4.30. The van der Waals surface area contributed by atoms with E-state index >= 15 is 0 Å². The Balaban J connectivity index is 1.52. The first kappa shape index (κ1) is 18.2. The molecule has 1 N–H and O–H groups in total. The molecule has 2 atom stereocenters. The molecule has 1 aromatic carbocycles. The lowest BCUT2D eigenvalue weighted by Gasteiger charge is -2.25. The lowest BCUT2D eigenvalue weighted by Crippen LogP contribution is -2.25. The van der Waals surface area contributed by atoms with Crippen LogP contribution in [0.2, 0.25) is 0 Å². The molecule has 1 saturated carbocycles. The Hall–Kier alpha value is -2.83.